The van der Waals surface area contributed by atoms with Gasteiger partial charge >= 0.3 is 0 Å². The number of anilines is 1. The van der Waals surface area contributed by atoms with E-state index in [1.54, 1.807) is 31.5 Å². The number of fused-ring (bicyclic) bond motifs is 1. The summed E-state index contributed by atoms with van der Waals surface area (Å²) >= 11 is 0. The number of para-hydroxylation sites is 1. The number of amides is 1. The molecule has 0 saturated carbocycles. The maximum absolute atomic E-state index is 14.0. The fourth-order valence-corrected chi connectivity index (χ4v) is 3.56. The number of hydrogen-bond acceptors (Lipinski definition) is 3. The lowest BCUT2D eigenvalue weighted by Gasteiger charge is -2.18. The van der Waals surface area contributed by atoms with Gasteiger partial charge in [-0.05, 0) is 54.4 Å². The summed E-state index contributed by atoms with van der Waals surface area (Å²) in [6, 6.07) is 17.8. The normalized spacial score (nSPS) is 12.0. The number of pyridine rings is 1. The number of ether oxygens (including phenoxy) is 1. The van der Waals surface area contributed by atoms with E-state index in [2.05, 4.69) is 10.3 Å². The first-order valence-corrected chi connectivity index (χ1v) is 9.67. The number of nitrogens with one attached hydrogen (secondary N) is 1. The fourth-order valence-electron chi connectivity index (χ4n) is 3.56. The van der Waals surface area contributed by atoms with E-state index in [9.17, 15) is 9.18 Å². The van der Waals surface area contributed by atoms with Gasteiger partial charge in [0.2, 0.25) is 5.91 Å². The highest BCUT2D eigenvalue weighted by Gasteiger charge is 2.23. The quantitative estimate of drug-likeness (QED) is 0.496. The van der Waals surface area contributed by atoms with Gasteiger partial charge in [-0.1, -0.05) is 24.3 Å². The molecule has 5 nitrogen and oxygen atoms in total. The molecule has 152 valence electrons. The summed E-state index contributed by atoms with van der Waals surface area (Å²) in [5.41, 5.74) is 3.88. The lowest BCUT2D eigenvalue weighted by Crippen LogP contribution is -2.18. The van der Waals surface area contributed by atoms with Crippen LogP contribution in [-0.4, -0.2) is 22.4 Å². The van der Waals surface area contributed by atoms with Crippen LogP contribution in [0.1, 0.15) is 29.2 Å². The smallest absolute Gasteiger partial charge is 0.225 e. The summed E-state index contributed by atoms with van der Waals surface area (Å²) < 4.78 is 21.3. The molecule has 30 heavy (non-hydrogen) atoms. The average Bonchev–Trinajstić information content (AvgIpc) is 3.16. The van der Waals surface area contributed by atoms with Crippen molar-refractivity contribution in [3.63, 3.8) is 0 Å². The number of imidazole rings is 1. The molecule has 1 N–H and O–H groups in total. The molecule has 0 saturated heterocycles. The summed E-state index contributed by atoms with van der Waals surface area (Å²) in [4.78, 5) is 17.4. The van der Waals surface area contributed by atoms with Gasteiger partial charge in [0.1, 0.15) is 17.2 Å². The van der Waals surface area contributed by atoms with Crippen LogP contribution in [0.3, 0.4) is 0 Å². The lowest BCUT2D eigenvalue weighted by atomic mass is 9.92. The predicted octanol–water partition coefficient (Wildman–Crippen LogP) is 4.95. The second-order valence-electron chi connectivity index (χ2n) is 7.18. The Labute approximate surface area is 174 Å². The molecule has 0 radical (unpaired) electrons. The van der Waals surface area contributed by atoms with E-state index < -0.39 is 5.82 Å². The Morgan fingerprint density at radius 2 is 2.00 bits per heavy atom. The predicted molar refractivity (Wildman–Crippen MR) is 114 cm³/mol. The molecule has 0 bridgehead atoms. The Bertz CT molecular complexity index is 1200. The summed E-state index contributed by atoms with van der Waals surface area (Å²) in [5.74, 6) is -0.328. The number of rotatable bonds is 6. The van der Waals surface area contributed by atoms with Crippen LogP contribution in [0.2, 0.25) is 0 Å². The molecule has 1 atom stereocenters. The van der Waals surface area contributed by atoms with E-state index in [1.165, 1.54) is 6.07 Å². The molecule has 0 spiro atoms. The summed E-state index contributed by atoms with van der Waals surface area (Å²) in [7, 11) is 1.61. The molecule has 0 unspecified atom stereocenters. The maximum Gasteiger partial charge on any atom is 0.225 e. The molecule has 4 rings (SSSR count). The van der Waals surface area contributed by atoms with Crippen LogP contribution in [0.5, 0.6) is 5.75 Å². The first-order valence-electron chi connectivity index (χ1n) is 9.67. The monoisotopic (exact) mass is 403 g/mol. The number of nitrogens with zero attached hydrogens (tertiary/aromatic N) is 2. The first-order chi connectivity index (χ1) is 14.5. The van der Waals surface area contributed by atoms with Crippen molar-refractivity contribution in [1.82, 2.24) is 9.38 Å². The highest BCUT2D eigenvalue weighted by molar-refractivity contribution is 5.91. The van der Waals surface area contributed by atoms with E-state index in [4.69, 9.17) is 4.74 Å². The number of halogens is 1. The van der Waals surface area contributed by atoms with Gasteiger partial charge in [0.05, 0.1) is 18.5 Å². The maximum atomic E-state index is 14.0. The molecule has 0 aliphatic rings. The molecule has 1 amide bonds. The van der Waals surface area contributed by atoms with Crippen LogP contribution in [0.25, 0.3) is 5.65 Å². The Balaban J connectivity index is 1.71. The summed E-state index contributed by atoms with van der Waals surface area (Å²) in [6.45, 7) is 2.01. The zero-order valence-electron chi connectivity index (χ0n) is 16.8. The molecule has 2 heterocycles. The van der Waals surface area contributed by atoms with Crippen molar-refractivity contribution in [2.45, 2.75) is 19.3 Å². The highest BCUT2D eigenvalue weighted by atomic mass is 19.1. The van der Waals surface area contributed by atoms with Crippen molar-refractivity contribution in [1.29, 1.82) is 0 Å². The minimum Gasteiger partial charge on any atom is -0.497 e. The van der Waals surface area contributed by atoms with E-state index in [1.807, 2.05) is 53.9 Å². The second-order valence-corrected chi connectivity index (χ2v) is 7.18. The Hall–Kier alpha value is -3.67. The fraction of sp³-hybridized carbons (Fsp3) is 0.167. The van der Waals surface area contributed by atoms with Crippen molar-refractivity contribution < 1.29 is 13.9 Å². The van der Waals surface area contributed by atoms with Crippen LogP contribution in [0.15, 0.2) is 73.1 Å². The minimum atomic E-state index is -0.464. The molecule has 4 aromatic rings. The number of carbonyl (C=O) groups excluding carboxylic acids is 1. The van der Waals surface area contributed by atoms with Crippen LogP contribution in [0.4, 0.5) is 10.1 Å². The first kappa shape index (κ1) is 19.6. The molecular weight excluding hydrogens is 381 g/mol. The zero-order valence-corrected chi connectivity index (χ0v) is 16.8. The van der Waals surface area contributed by atoms with Crippen LogP contribution < -0.4 is 10.1 Å². The molecule has 0 fully saturated rings. The van der Waals surface area contributed by atoms with E-state index >= 15 is 0 Å². The molecule has 2 aromatic carbocycles. The van der Waals surface area contributed by atoms with Gasteiger partial charge in [-0.2, -0.15) is 0 Å². The highest BCUT2D eigenvalue weighted by Crippen LogP contribution is 2.31. The molecular formula is C24H22FN3O2. The van der Waals surface area contributed by atoms with Crippen LogP contribution in [-0.2, 0) is 4.79 Å². The van der Waals surface area contributed by atoms with Crippen LogP contribution >= 0.6 is 0 Å². The third-order valence-electron chi connectivity index (χ3n) is 5.09. The standard InChI is InChI=1S/C24H22FN3O2/c1-16-10-11-28-22(15-26-23(28)12-16)19(17-6-5-7-18(13-17)30-2)14-24(29)27-21-9-4-3-8-20(21)25/h3-13,15,19H,14H2,1-2H3,(H,27,29)/t19-/m1/s1. The van der Waals surface area contributed by atoms with Gasteiger partial charge < -0.3 is 14.5 Å². The molecule has 6 heteroatoms. The van der Waals surface area contributed by atoms with Gasteiger partial charge in [0.25, 0.3) is 0 Å². The lowest BCUT2D eigenvalue weighted by molar-refractivity contribution is -0.116. The van der Waals surface area contributed by atoms with E-state index in [0.29, 0.717) is 5.75 Å². The number of carbonyl (C=O) groups is 1. The number of benzene rings is 2. The van der Waals surface area contributed by atoms with Gasteiger partial charge in [0, 0.05) is 24.7 Å². The second kappa shape index (κ2) is 8.37. The summed E-state index contributed by atoms with van der Waals surface area (Å²) in [6.07, 6.45) is 3.87. The average molecular weight is 403 g/mol. The van der Waals surface area contributed by atoms with Gasteiger partial charge in [-0.15, -0.1) is 0 Å². The minimum absolute atomic E-state index is 0.128. The number of aromatic nitrogens is 2. The Kier molecular flexibility index (Phi) is 5.48. The van der Waals surface area contributed by atoms with E-state index in [0.717, 1.165) is 22.5 Å². The van der Waals surface area contributed by atoms with Crippen molar-refractivity contribution in [3.8, 4) is 5.75 Å². The summed E-state index contributed by atoms with van der Waals surface area (Å²) in [5, 5.41) is 2.68. The molecule has 2 aromatic heterocycles. The van der Waals surface area contributed by atoms with Crippen molar-refractivity contribution in [2.24, 2.45) is 0 Å². The molecule has 0 aliphatic carbocycles. The van der Waals surface area contributed by atoms with Crippen LogP contribution in [0, 0.1) is 12.7 Å². The largest absolute Gasteiger partial charge is 0.497 e. The van der Waals surface area contributed by atoms with Gasteiger partial charge in [0.15, 0.2) is 0 Å². The number of aryl methyl sites for hydroxylation is 1. The van der Waals surface area contributed by atoms with Crippen molar-refractivity contribution >= 4 is 17.2 Å². The number of hydrogen-bond donors (Lipinski definition) is 1. The number of methoxy groups -OCH3 is 1. The van der Waals surface area contributed by atoms with Gasteiger partial charge in [-0.3, -0.25) is 4.79 Å². The van der Waals surface area contributed by atoms with Gasteiger partial charge in [-0.25, -0.2) is 9.37 Å². The third kappa shape index (κ3) is 4.03. The van der Waals surface area contributed by atoms with Crippen molar-refractivity contribution in [3.05, 3.63) is 95.7 Å². The third-order valence-corrected chi connectivity index (χ3v) is 5.09. The van der Waals surface area contributed by atoms with Crippen molar-refractivity contribution in [2.75, 3.05) is 12.4 Å². The topological polar surface area (TPSA) is 55.6 Å². The SMILES string of the molecule is COc1cccc([C@@H](CC(=O)Nc2ccccc2F)c2cnc3cc(C)ccn23)c1. The Morgan fingerprint density at radius 1 is 1.17 bits per heavy atom. The molecule has 0 aliphatic heterocycles. The van der Waals surface area contributed by atoms with E-state index in [-0.39, 0.29) is 23.9 Å². The zero-order chi connectivity index (χ0) is 21.1. The Morgan fingerprint density at radius 3 is 2.80 bits per heavy atom.